The number of amides is 1. The number of benzene rings is 3. The van der Waals surface area contributed by atoms with Crippen LogP contribution in [0.1, 0.15) is 45.6 Å². The molecule has 0 saturated heterocycles. The smallest absolute Gasteiger partial charge is 0.251 e. The molecule has 0 aliphatic carbocycles. The molecule has 0 fully saturated rings. The maximum absolute atomic E-state index is 13.0. The summed E-state index contributed by atoms with van der Waals surface area (Å²) in [6.07, 6.45) is 0.914. The van der Waals surface area contributed by atoms with Gasteiger partial charge < -0.3 is 14.8 Å². The molecule has 0 aromatic heterocycles. The first-order chi connectivity index (χ1) is 16.0. The highest BCUT2D eigenvalue weighted by atomic mass is 16.5. The van der Waals surface area contributed by atoms with E-state index in [0.29, 0.717) is 11.3 Å². The van der Waals surface area contributed by atoms with E-state index in [9.17, 15) is 4.79 Å². The van der Waals surface area contributed by atoms with Gasteiger partial charge in [-0.2, -0.15) is 0 Å². The van der Waals surface area contributed by atoms with Crippen LogP contribution in [0.3, 0.4) is 0 Å². The molecule has 4 rings (SSSR count). The van der Waals surface area contributed by atoms with E-state index in [2.05, 4.69) is 60.5 Å². The molecular weight excluding hydrogens is 412 g/mol. The third-order valence-corrected chi connectivity index (χ3v) is 6.40. The number of fused-ring (bicyclic) bond motifs is 1. The summed E-state index contributed by atoms with van der Waals surface area (Å²) < 4.78 is 11.2. The maximum atomic E-state index is 13.0. The summed E-state index contributed by atoms with van der Waals surface area (Å²) in [7, 11) is 3.32. The predicted octanol–water partition coefficient (Wildman–Crippen LogP) is 4.93. The molecule has 0 bridgehead atoms. The lowest BCUT2D eigenvalue weighted by Gasteiger charge is -2.41. The van der Waals surface area contributed by atoms with Crippen molar-refractivity contribution >= 4 is 5.91 Å². The molecule has 5 heteroatoms. The lowest BCUT2D eigenvalue weighted by molar-refractivity contribution is 0.0877. The van der Waals surface area contributed by atoms with E-state index < -0.39 is 0 Å². The molecule has 2 atom stereocenters. The fourth-order valence-corrected chi connectivity index (χ4v) is 4.68. The quantitative estimate of drug-likeness (QED) is 0.561. The van der Waals surface area contributed by atoms with E-state index in [4.69, 9.17) is 9.47 Å². The number of carbonyl (C=O) groups is 1. The lowest BCUT2D eigenvalue weighted by atomic mass is 9.87. The van der Waals surface area contributed by atoms with Crippen molar-refractivity contribution in [2.45, 2.75) is 38.9 Å². The standard InChI is InChI=1S/C28H32N2O3/c1-19-10-12-21(13-11-19)18-30-15-14-23-16-25(32-3)26(33-4)17-24(23)27(30)20(2)29-28(31)22-8-6-5-7-9-22/h5-13,16-17,20,27H,14-15,18H2,1-4H3,(H,29,31)/t20-,27-/m1/s1. The largest absolute Gasteiger partial charge is 0.493 e. The van der Waals surface area contributed by atoms with Gasteiger partial charge in [-0.3, -0.25) is 9.69 Å². The van der Waals surface area contributed by atoms with Crippen LogP contribution in [0.15, 0.2) is 66.7 Å². The minimum absolute atomic E-state index is 0.00233. The van der Waals surface area contributed by atoms with Crippen molar-refractivity contribution < 1.29 is 14.3 Å². The summed E-state index contributed by atoms with van der Waals surface area (Å²) in [5, 5.41) is 3.25. The number of rotatable bonds is 7. The van der Waals surface area contributed by atoms with Crippen molar-refractivity contribution in [3.05, 3.63) is 94.5 Å². The van der Waals surface area contributed by atoms with Crippen molar-refractivity contribution in [2.24, 2.45) is 0 Å². The molecule has 1 N–H and O–H groups in total. The van der Waals surface area contributed by atoms with Gasteiger partial charge in [0, 0.05) is 24.7 Å². The number of methoxy groups -OCH3 is 2. The maximum Gasteiger partial charge on any atom is 0.251 e. The van der Waals surface area contributed by atoms with Gasteiger partial charge in [0.05, 0.1) is 20.3 Å². The molecule has 172 valence electrons. The summed E-state index contributed by atoms with van der Waals surface area (Å²) >= 11 is 0. The van der Waals surface area contributed by atoms with Crippen LogP contribution in [-0.4, -0.2) is 37.6 Å². The Hall–Kier alpha value is -3.31. The molecule has 0 unspecified atom stereocenters. The molecule has 1 aliphatic heterocycles. The molecule has 0 radical (unpaired) electrons. The number of hydrogen-bond donors (Lipinski definition) is 1. The zero-order valence-corrected chi connectivity index (χ0v) is 19.8. The second-order valence-electron chi connectivity index (χ2n) is 8.69. The van der Waals surface area contributed by atoms with Crippen molar-refractivity contribution in [1.82, 2.24) is 10.2 Å². The minimum atomic E-state index is -0.111. The Morgan fingerprint density at radius 1 is 1.03 bits per heavy atom. The van der Waals surface area contributed by atoms with Crippen molar-refractivity contribution in [2.75, 3.05) is 20.8 Å². The number of hydrogen-bond acceptors (Lipinski definition) is 4. The Morgan fingerprint density at radius 3 is 2.36 bits per heavy atom. The van der Waals surface area contributed by atoms with Gasteiger partial charge in [0.1, 0.15) is 0 Å². The van der Waals surface area contributed by atoms with Gasteiger partial charge in [-0.1, -0.05) is 48.0 Å². The van der Waals surface area contributed by atoms with Crippen LogP contribution in [0.2, 0.25) is 0 Å². The van der Waals surface area contributed by atoms with Gasteiger partial charge in [0.15, 0.2) is 11.5 Å². The van der Waals surface area contributed by atoms with Gasteiger partial charge in [0.2, 0.25) is 0 Å². The molecule has 3 aromatic rings. The summed E-state index contributed by atoms with van der Waals surface area (Å²) in [5.74, 6) is 1.38. The molecule has 1 aliphatic rings. The topological polar surface area (TPSA) is 50.8 Å². The van der Waals surface area contributed by atoms with Gasteiger partial charge in [0.25, 0.3) is 5.91 Å². The van der Waals surface area contributed by atoms with Crippen LogP contribution < -0.4 is 14.8 Å². The number of carbonyl (C=O) groups excluding carboxylic acids is 1. The number of nitrogens with zero attached hydrogens (tertiary/aromatic N) is 1. The third-order valence-electron chi connectivity index (χ3n) is 6.40. The summed E-state index contributed by atoms with van der Waals surface area (Å²) in [4.78, 5) is 15.4. The zero-order valence-electron chi connectivity index (χ0n) is 19.8. The van der Waals surface area contributed by atoms with Gasteiger partial charge in [-0.05, 0) is 61.2 Å². The van der Waals surface area contributed by atoms with Gasteiger partial charge in [-0.25, -0.2) is 0 Å². The SMILES string of the molecule is COc1cc2c(cc1OC)[C@@H]([C@@H](C)NC(=O)c1ccccc1)N(Cc1ccc(C)cc1)CC2. The Balaban J connectivity index is 1.68. The Morgan fingerprint density at radius 2 is 1.70 bits per heavy atom. The van der Waals surface area contributed by atoms with Crippen molar-refractivity contribution in [3.63, 3.8) is 0 Å². The lowest BCUT2D eigenvalue weighted by Crippen LogP contribution is -2.47. The van der Waals surface area contributed by atoms with Crippen molar-refractivity contribution in [1.29, 1.82) is 0 Å². The van der Waals surface area contributed by atoms with E-state index in [1.165, 1.54) is 22.3 Å². The third kappa shape index (κ3) is 5.04. The van der Waals surface area contributed by atoms with E-state index >= 15 is 0 Å². The average Bonchev–Trinajstić information content (AvgIpc) is 2.84. The number of aryl methyl sites for hydroxylation is 1. The molecular formula is C28H32N2O3. The number of ether oxygens (including phenoxy) is 2. The summed E-state index contributed by atoms with van der Waals surface area (Å²) in [6.45, 7) is 5.89. The monoisotopic (exact) mass is 444 g/mol. The van der Waals surface area contributed by atoms with Crippen LogP contribution in [0.4, 0.5) is 0 Å². The molecule has 1 amide bonds. The predicted molar refractivity (Wildman–Crippen MR) is 131 cm³/mol. The van der Waals surface area contributed by atoms with E-state index in [0.717, 1.165) is 25.3 Å². The van der Waals surface area contributed by atoms with Gasteiger partial charge in [-0.15, -0.1) is 0 Å². The second kappa shape index (κ2) is 10.1. The molecule has 0 spiro atoms. The first kappa shape index (κ1) is 22.9. The summed E-state index contributed by atoms with van der Waals surface area (Å²) in [5.41, 5.74) is 5.58. The highest BCUT2D eigenvalue weighted by molar-refractivity contribution is 5.94. The Labute approximate surface area is 196 Å². The van der Waals surface area contributed by atoms with Crippen LogP contribution in [-0.2, 0) is 13.0 Å². The van der Waals surface area contributed by atoms with E-state index in [-0.39, 0.29) is 18.0 Å². The first-order valence-electron chi connectivity index (χ1n) is 11.4. The minimum Gasteiger partial charge on any atom is -0.493 e. The fourth-order valence-electron chi connectivity index (χ4n) is 4.68. The second-order valence-corrected chi connectivity index (χ2v) is 8.69. The molecule has 0 saturated carbocycles. The van der Waals surface area contributed by atoms with Crippen molar-refractivity contribution in [3.8, 4) is 11.5 Å². The van der Waals surface area contributed by atoms with E-state index in [1.807, 2.05) is 30.3 Å². The Kier molecular flexibility index (Phi) is 6.99. The van der Waals surface area contributed by atoms with Gasteiger partial charge >= 0.3 is 0 Å². The van der Waals surface area contributed by atoms with Crippen LogP contribution >= 0.6 is 0 Å². The molecule has 5 nitrogen and oxygen atoms in total. The molecule has 33 heavy (non-hydrogen) atoms. The fraction of sp³-hybridized carbons (Fsp3) is 0.321. The Bertz CT molecular complexity index is 1100. The average molecular weight is 445 g/mol. The zero-order chi connectivity index (χ0) is 23.4. The highest BCUT2D eigenvalue weighted by Crippen LogP contribution is 2.40. The van der Waals surface area contributed by atoms with E-state index in [1.54, 1.807) is 14.2 Å². The van der Waals surface area contributed by atoms with Crippen LogP contribution in [0, 0.1) is 6.92 Å². The molecule has 3 aromatic carbocycles. The molecule has 1 heterocycles. The summed E-state index contributed by atoms with van der Waals surface area (Å²) in [6, 6.07) is 22.1. The number of nitrogens with one attached hydrogen (secondary N) is 1. The highest BCUT2D eigenvalue weighted by Gasteiger charge is 2.34. The van der Waals surface area contributed by atoms with Crippen LogP contribution in [0.25, 0.3) is 0 Å². The normalized spacial score (nSPS) is 16.5. The first-order valence-corrected chi connectivity index (χ1v) is 11.4. The van der Waals surface area contributed by atoms with Crippen LogP contribution in [0.5, 0.6) is 11.5 Å².